The molecule has 0 unspecified atom stereocenters. The Morgan fingerprint density at radius 1 is 1.06 bits per heavy atom. The molecule has 1 aromatic heterocycles. The SMILES string of the molecule is Cc1ccc(C)c(-n2c(C)nnc2SCC(=O)Nc2cccc(OCc3cccc(C#N)c3)c2)c1. The number of aromatic nitrogens is 3. The summed E-state index contributed by atoms with van der Waals surface area (Å²) in [6.07, 6.45) is 0. The fraction of sp³-hybridized carbons (Fsp3) is 0.185. The van der Waals surface area contributed by atoms with Gasteiger partial charge in [0.1, 0.15) is 18.2 Å². The number of hydrogen-bond donors (Lipinski definition) is 1. The number of nitrogens with one attached hydrogen (secondary N) is 1. The van der Waals surface area contributed by atoms with Gasteiger partial charge < -0.3 is 10.1 Å². The second-order valence-corrected chi connectivity index (χ2v) is 9.06. The van der Waals surface area contributed by atoms with Crippen molar-refractivity contribution in [1.29, 1.82) is 5.26 Å². The number of carbonyl (C=O) groups is 1. The number of aryl methyl sites for hydroxylation is 3. The third-order valence-corrected chi connectivity index (χ3v) is 6.24. The van der Waals surface area contributed by atoms with E-state index in [0.29, 0.717) is 28.8 Å². The van der Waals surface area contributed by atoms with E-state index in [1.54, 1.807) is 18.2 Å². The molecule has 0 fully saturated rings. The van der Waals surface area contributed by atoms with Gasteiger partial charge in [-0.25, -0.2) is 0 Å². The van der Waals surface area contributed by atoms with Gasteiger partial charge in [0.15, 0.2) is 5.16 Å². The molecule has 4 rings (SSSR count). The Hall–Kier alpha value is -4.09. The first-order valence-electron chi connectivity index (χ1n) is 11.1. The second-order valence-electron chi connectivity index (χ2n) is 8.12. The molecule has 0 saturated heterocycles. The Morgan fingerprint density at radius 3 is 2.71 bits per heavy atom. The molecule has 0 atom stereocenters. The predicted octanol–water partition coefficient (Wildman–Crippen LogP) is 5.37. The number of nitriles is 1. The van der Waals surface area contributed by atoms with Gasteiger partial charge in [-0.3, -0.25) is 9.36 Å². The summed E-state index contributed by atoms with van der Waals surface area (Å²) in [5.74, 6) is 1.44. The van der Waals surface area contributed by atoms with Gasteiger partial charge in [-0.2, -0.15) is 5.26 Å². The minimum absolute atomic E-state index is 0.151. The molecular formula is C27H25N5O2S. The van der Waals surface area contributed by atoms with Crippen LogP contribution in [0.15, 0.2) is 71.9 Å². The van der Waals surface area contributed by atoms with Crippen molar-refractivity contribution in [2.24, 2.45) is 0 Å². The maximum absolute atomic E-state index is 12.7. The summed E-state index contributed by atoms with van der Waals surface area (Å²) in [6.45, 7) is 6.33. The lowest BCUT2D eigenvalue weighted by molar-refractivity contribution is -0.113. The lowest BCUT2D eigenvalue weighted by Gasteiger charge is -2.12. The van der Waals surface area contributed by atoms with Crippen LogP contribution in [-0.2, 0) is 11.4 Å². The smallest absolute Gasteiger partial charge is 0.234 e. The quantitative estimate of drug-likeness (QED) is 0.339. The summed E-state index contributed by atoms with van der Waals surface area (Å²) >= 11 is 1.34. The molecule has 1 N–H and O–H groups in total. The molecule has 0 saturated carbocycles. The van der Waals surface area contributed by atoms with Crippen LogP contribution >= 0.6 is 11.8 Å². The number of anilines is 1. The van der Waals surface area contributed by atoms with Gasteiger partial charge in [-0.15, -0.1) is 10.2 Å². The first kappa shape index (κ1) is 24.0. The van der Waals surface area contributed by atoms with Crippen LogP contribution in [0.3, 0.4) is 0 Å². The van der Waals surface area contributed by atoms with Crippen LogP contribution in [0.2, 0.25) is 0 Å². The van der Waals surface area contributed by atoms with Gasteiger partial charge >= 0.3 is 0 Å². The Labute approximate surface area is 208 Å². The molecule has 8 heteroatoms. The van der Waals surface area contributed by atoms with E-state index >= 15 is 0 Å². The summed E-state index contributed by atoms with van der Waals surface area (Å²) in [7, 11) is 0. The maximum Gasteiger partial charge on any atom is 0.234 e. The highest BCUT2D eigenvalue weighted by atomic mass is 32.2. The van der Waals surface area contributed by atoms with E-state index in [0.717, 1.165) is 28.2 Å². The van der Waals surface area contributed by atoms with E-state index in [9.17, 15) is 4.79 Å². The molecule has 0 bridgehead atoms. The van der Waals surface area contributed by atoms with Gasteiger partial charge in [-0.1, -0.05) is 42.1 Å². The molecule has 0 spiro atoms. The van der Waals surface area contributed by atoms with Crippen molar-refractivity contribution in [3.63, 3.8) is 0 Å². The number of thioether (sulfide) groups is 1. The number of carbonyl (C=O) groups excluding carboxylic acids is 1. The summed E-state index contributed by atoms with van der Waals surface area (Å²) in [5, 5.41) is 21.1. The Bertz CT molecular complexity index is 1410. The van der Waals surface area contributed by atoms with Gasteiger partial charge in [0.25, 0.3) is 0 Å². The zero-order chi connectivity index (χ0) is 24.8. The molecule has 0 aliphatic heterocycles. The van der Waals surface area contributed by atoms with Crippen molar-refractivity contribution in [1.82, 2.24) is 14.8 Å². The van der Waals surface area contributed by atoms with Gasteiger partial charge in [0.05, 0.1) is 23.1 Å². The number of nitrogens with zero attached hydrogens (tertiary/aromatic N) is 4. The normalized spacial score (nSPS) is 10.6. The van der Waals surface area contributed by atoms with Crippen LogP contribution < -0.4 is 10.1 Å². The van der Waals surface area contributed by atoms with Gasteiger partial charge in [0.2, 0.25) is 5.91 Å². The minimum atomic E-state index is -0.151. The average molecular weight is 484 g/mol. The minimum Gasteiger partial charge on any atom is -0.489 e. The zero-order valence-electron chi connectivity index (χ0n) is 19.8. The Kier molecular flexibility index (Phi) is 7.48. The molecule has 176 valence electrons. The predicted molar refractivity (Wildman–Crippen MR) is 137 cm³/mol. The topological polar surface area (TPSA) is 92.8 Å². The molecule has 3 aromatic carbocycles. The van der Waals surface area contributed by atoms with E-state index in [1.807, 2.05) is 55.7 Å². The molecular weight excluding hydrogens is 458 g/mol. The number of benzene rings is 3. The van der Waals surface area contributed by atoms with E-state index in [2.05, 4.69) is 39.8 Å². The molecule has 1 amide bonds. The molecule has 4 aromatic rings. The number of rotatable bonds is 8. The average Bonchev–Trinajstić information content (AvgIpc) is 3.23. The lowest BCUT2D eigenvalue weighted by Crippen LogP contribution is -2.14. The highest BCUT2D eigenvalue weighted by Gasteiger charge is 2.15. The van der Waals surface area contributed by atoms with E-state index in [1.165, 1.54) is 11.8 Å². The number of hydrogen-bond acceptors (Lipinski definition) is 6. The van der Waals surface area contributed by atoms with Crippen LogP contribution in [0, 0.1) is 32.1 Å². The van der Waals surface area contributed by atoms with E-state index in [-0.39, 0.29) is 11.7 Å². The first-order chi connectivity index (χ1) is 16.9. The van der Waals surface area contributed by atoms with Crippen LogP contribution in [0.5, 0.6) is 5.75 Å². The highest BCUT2D eigenvalue weighted by Crippen LogP contribution is 2.25. The molecule has 1 heterocycles. The fourth-order valence-corrected chi connectivity index (χ4v) is 4.35. The zero-order valence-corrected chi connectivity index (χ0v) is 20.6. The summed E-state index contributed by atoms with van der Waals surface area (Å²) < 4.78 is 7.83. The van der Waals surface area contributed by atoms with Gasteiger partial charge in [0, 0.05) is 11.8 Å². The Balaban J connectivity index is 1.38. The fourth-order valence-electron chi connectivity index (χ4n) is 3.56. The summed E-state index contributed by atoms with van der Waals surface area (Å²) in [4.78, 5) is 12.7. The van der Waals surface area contributed by atoms with Crippen molar-refractivity contribution in [2.75, 3.05) is 11.1 Å². The first-order valence-corrected chi connectivity index (χ1v) is 12.1. The Morgan fingerprint density at radius 2 is 1.89 bits per heavy atom. The van der Waals surface area contributed by atoms with Gasteiger partial charge in [-0.05, 0) is 67.8 Å². The van der Waals surface area contributed by atoms with Crippen LogP contribution in [-0.4, -0.2) is 26.4 Å². The van der Waals surface area contributed by atoms with E-state index < -0.39 is 0 Å². The lowest BCUT2D eigenvalue weighted by atomic mass is 10.1. The second kappa shape index (κ2) is 10.9. The maximum atomic E-state index is 12.7. The number of ether oxygens (including phenoxy) is 1. The molecule has 35 heavy (non-hydrogen) atoms. The van der Waals surface area contributed by atoms with E-state index in [4.69, 9.17) is 10.00 Å². The number of amides is 1. The van der Waals surface area contributed by atoms with Crippen molar-refractivity contribution < 1.29 is 9.53 Å². The third kappa shape index (κ3) is 6.08. The summed E-state index contributed by atoms with van der Waals surface area (Å²) in [6, 6.07) is 22.9. The molecule has 0 aliphatic rings. The van der Waals surface area contributed by atoms with Crippen LogP contribution in [0.4, 0.5) is 5.69 Å². The molecule has 0 aliphatic carbocycles. The highest BCUT2D eigenvalue weighted by molar-refractivity contribution is 7.99. The standard InChI is InChI=1S/C27H25N5O2S/c1-18-10-11-19(2)25(12-18)32-20(3)30-31-27(32)35-17-26(33)29-23-8-5-9-24(14-23)34-16-22-7-4-6-21(13-22)15-28/h4-14H,16-17H2,1-3H3,(H,29,33). The van der Waals surface area contributed by atoms with Crippen molar-refractivity contribution >= 4 is 23.4 Å². The molecule has 7 nitrogen and oxygen atoms in total. The summed E-state index contributed by atoms with van der Waals surface area (Å²) in [5.41, 5.74) is 5.41. The molecule has 0 radical (unpaired) electrons. The monoisotopic (exact) mass is 483 g/mol. The van der Waals surface area contributed by atoms with Crippen LogP contribution in [0.1, 0.15) is 28.1 Å². The largest absolute Gasteiger partial charge is 0.489 e. The van der Waals surface area contributed by atoms with Crippen molar-refractivity contribution in [3.05, 3.63) is 94.8 Å². The van der Waals surface area contributed by atoms with Crippen LogP contribution in [0.25, 0.3) is 5.69 Å². The van der Waals surface area contributed by atoms with Crippen molar-refractivity contribution in [3.8, 4) is 17.5 Å². The third-order valence-electron chi connectivity index (χ3n) is 5.31. The van der Waals surface area contributed by atoms with Crippen molar-refractivity contribution in [2.45, 2.75) is 32.5 Å².